The molecule has 0 aliphatic carbocycles. The standard InChI is InChI=1S/C28H32FN3O5S/c1-5-30-28(34)21(3)31(18-22-10-6-7-11-24(22)29)27(33)19-32(25-12-8-9-13-26(25)37-4)38(35,36)23-16-14-20(2)15-17-23/h6-17,21H,5,18-19H2,1-4H3,(H,30,34)/t21-/m0/s1. The van der Waals surface area contributed by atoms with Gasteiger partial charge in [0.05, 0.1) is 17.7 Å². The molecule has 0 saturated carbocycles. The molecule has 2 amide bonds. The van der Waals surface area contributed by atoms with E-state index < -0.39 is 40.2 Å². The number of amides is 2. The molecule has 3 aromatic carbocycles. The molecule has 0 radical (unpaired) electrons. The van der Waals surface area contributed by atoms with Crippen molar-refractivity contribution in [2.45, 2.75) is 38.3 Å². The summed E-state index contributed by atoms with van der Waals surface area (Å²) in [6, 6.07) is 17.6. The summed E-state index contributed by atoms with van der Waals surface area (Å²) >= 11 is 0. The number of ether oxygens (including phenoxy) is 1. The summed E-state index contributed by atoms with van der Waals surface area (Å²) in [4.78, 5) is 27.7. The summed E-state index contributed by atoms with van der Waals surface area (Å²) in [6.45, 7) is 4.56. The Kier molecular flexibility index (Phi) is 9.46. The molecule has 0 fully saturated rings. The minimum atomic E-state index is -4.24. The zero-order valence-electron chi connectivity index (χ0n) is 21.8. The lowest BCUT2D eigenvalue weighted by atomic mass is 10.1. The van der Waals surface area contributed by atoms with E-state index in [0.29, 0.717) is 6.54 Å². The fourth-order valence-electron chi connectivity index (χ4n) is 3.90. The van der Waals surface area contributed by atoms with Crippen LogP contribution in [-0.2, 0) is 26.2 Å². The van der Waals surface area contributed by atoms with E-state index in [9.17, 15) is 22.4 Å². The van der Waals surface area contributed by atoms with E-state index in [1.54, 1.807) is 43.3 Å². The second kappa shape index (κ2) is 12.6. The topological polar surface area (TPSA) is 96.0 Å². The van der Waals surface area contributed by atoms with Crippen LogP contribution in [0.1, 0.15) is 25.0 Å². The van der Waals surface area contributed by atoms with Crippen molar-refractivity contribution in [3.8, 4) is 5.75 Å². The lowest BCUT2D eigenvalue weighted by Crippen LogP contribution is -2.51. The number of sulfonamides is 1. The molecule has 3 rings (SSSR count). The summed E-state index contributed by atoms with van der Waals surface area (Å²) in [6.07, 6.45) is 0. The number of hydrogen-bond acceptors (Lipinski definition) is 5. The normalized spacial score (nSPS) is 11.9. The van der Waals surface area contributed by atoms with Gasteiger partial charge >= 0.3 is 0 Å². The third-order valence-electron chi connectivity index (χ3n) is 6.06. The summed E-state index contributed by atoms with van der Waals surface area (Å²) in [5.41, 5.74) is 1.22. The van der Waals surface area contributed by atoms with Crippen molar-refractivity contribution in [3.63, 3.8) is 0 Å². The van der Waals surface area contributed by atoms with E-state index in [1.165, 1.54) is 55.3 Å². The number of carbonyl (C=O) groups is 2. The monoisotopic (exact) mass is 541 g/mol. The molecule has 0 heterocycles. The highest BCUT2D eigenvalue weighted by Gasteiger charge is 2.33. The molecule has 8 nitrogen and oxygen atoms in total. The summed E-state index contributed by atoms with van der Waals surface area (Å²) < 4.78 is 48.6. The number of likely N-dealkylation sites (N-methyl/N-ethyl adjacent to an activating group) is 1. The predicted molar refractivity (Wildman–Crippen MR) is 144 cm³/mol. The lowest BCUT2D eigenvalue weighted by Gasteiger charge is -2.32. The van der Waals surface area contributed by atoms with Crippen molar-refractivity contribution in [1.82, 2.24) is 10.2 Å². The first-order valence-corrected chi connectivity index (χ1v) is 13.6. The van der Waals surface area contributed by atoms with Crippen molar-refractivity contribution in [2.24, 2.45) is 0 Å². The maximum atomic E-state index is 14.5. The Hall–Kier alpha value is -3.92. The zero-order valence-corrected chi connectivity index (χ0v) is 22.7. The van der Waals surface area contributed by atoms with Crippen LogP contribution in [-0.4, -0.2) is 51.4 Å². The molecule has 0 saturated heterocycles. The maximum absolute atomic E-state index is 14.5. The Bertz CT molecular complexity index is 1380. The number of methoxy groups -OCH3 is 1. The molecule has 3 aromatic rings. The number of nitrogens with one attached hydrogen (secondary N) is 1. The van der Waals surface area contributed by atoms with E-state index >= 15 is 0 Å². The van der Waals surface area contributed by atoms with Gasteiger partial charge in [-0.15, -0.1) is 0 Å². The van der Waals surface area contributed by atoms with Crippen LogP contribution in [0.2, 0.25) is 0 Å². The van der Waals surface area contributed by atoms with Gasteiger partial charge in [0.25, 0.3) is 10.0 Å². The molecule has 0 aromatic heterocycles. The molecular weight excluding hydrogens is 509 g/mol. The number of para-hydroxylation sites is 2. The van der Waals surface area contributed by atoms with Crippen LogP contribution in [0.5, 0.6) is 5.75 Å². The van der Waals surface area contributed by atoms with Crippen molar-refractivity contribution >= 4 is 27.5 Å². The number of aryl methyl sites for hydroxylation is 1. The first-order valence-electron chi connectivity index (χ1n) is 12.1. The van der Waals surface area contributed by atoms with Crippen LogP contribution in [0, 0.1) is 12.7 Å². The number of benzene rings is 3. The Morgan fingerprint density at radius 3 is 2.26 bits per heavy atom. The van der Waals surface area contributed by atoms with Gasteiger partial charge in [-0.3, -0.25) is 13.9 Å². The number of carbonyl (C=O) groups excluding carboxylic acids is 2. The zero-order chi connectivity index (χ0) is 27.9. The largest absolute Gasteiger partial charge is 0.495 e. The molecule has 1 atom stereocenters. The quantitative estimate of drug-likeness (QED) is 0.397. The highest BCUT2D eigenvalue weighted by Crippen LogP contribution is 2.32. The van der Waals surface area contributed by atoms with Crippen molar-refractivity contribution < 1.29 is 27.1 Å². The molecule has 1 N–H and O–H groups in total. The van der Waals surface area contributed by atoms with Gasteiger partial charge in [0.1, 0.15) is 24.2 Å². The highest BCUT2D eigenvalue weighted by atomic mass is 32.2. The van der Waals surface area contributed by atoms with Gasteiger partial charge in [0, 0.05) is 18.7 Å². The Balaban J connectivity index is 2.08. The fourth-order valence-corrected chi connectivity index (χ4v) is 5.33. The van der Waals surface area contributed by atoms with Gasteiger partial charge in [0.2, 0.25) is 11.8 Å². The SMILES string of the molecule is CCNC(=O)[C@H](C)N(Cc1ccccc1F)C(=O)CN(c1ccccc1OC)S(=O)(=O)c1ccc(C)cc1. The second-order valence-electron chi connectivity index (χ2n) is 8.68. The molecule has 0 aliphatic rings. The van der Waals surface area contributed by atoms with Gasteiger partial charge in [-0.1, -0.05) is 48.0 Å². The van der Waals surface area contributed by atoms with Gasteiger partial charge in [-0.05, 0) is 51.1 Å². The minimum absolute atomic E-state index is 0.0146. The average Bonchev–Trinajstić information content (AvgIpc) is 2.91. The highest BCUT2D eigenvalue weighted by molar-refractivity contribution is 7.92. The molecule has 0 aliphatic heterocycles. The van der Waals surface area contributed by atoms with Crippen molar-refractivity contribution in [3.05, 3.63) is 89.7 Å². The molecule has 0 bridgehead atoms. The molecule has 202 valence electrons. The van der Waals surface area contributed by atoms with Crippen molar-refractivity contribution in [1.29, 1.82) is 0 Å². The number of hydrogen-bond donors (Lipinski definition) is 1. The molecule has 38 heavy (non-hydrogen) atoms. The smallest absolute Gasteiger partial charge is 0.264 e. The third-order valence-corrected chi connectivity index (χ3v) is 7.83. The number of anilines is 1. The van der Waals surface area contributed by atoms with Gasteiger partial charge in [-0.25, -0.2) is 12.8 Å². The predicted octanol–water partition coefficient (Wildman–Crippen LogP) is 3.89. The van der Waals surface area contributed by atoms with Crippen LogP contribution in [0.15, 0.2) is 77.7 Å². The van der Waals surface area contributed by atoms with Gasteiger partial charge in [-0.2, -0.15) is 0 Å². The van der Waals surface area contributed by atoms with Gasteiger partial charge < -0.3 is 15.0 Å². The number of rotatable bonds is 11. The van der Waals surface area contributed by atoms with Crippen LogP contribution >= 0.6 is 0 Å². The summed E-state index contributed by atoms with van der Waals surface area (Å²) in [5.74, 6) is -1.42. The Morgan fingerprint density at radius 2 is 1.63 bits per heavy atom. The second-order valence-corrected chi connectivity index (χ2v) is 10.5. The molecule has 10 heteroatoms. The van der Waals surface area contributed by atoms with Gasteiger partial charge in [0.15, 0.2) is 0 Å². The summed E-state index contributed by atoms with van der Waals surface area (Å²) in [7, 11) is -2.84. The molecular formula is C28H32FN3O5S. The van der Waals surface area contributed by atoms with Crippen LogP contribution < -0.4 is 14.4 Å². The molecule has 0 unspecified atom stereocenters. The third kappa shape index (κ3) is 6.49. The first-order chi connectivity index (χ1) is 18.1. The van der Waals surface area contributed by atoms with E-state index in [-0.39, 0.29) is 28.4 Å². The fraction of sp³-hybridized carbons (Fsp3) is 0.286. The average molecular weight is 542 g/mol. The van der Waals surface area contributed by atoms with E-state index in [2.05, 4.69) is 5.32 Å². The first kappa shape index (κ1) is 28.6. The summed E-state index contributed by atoms with van der Waals surface area (Å²) in [5, 5.41) is 2.67. The number of halogens is 1. The van der Waals surface area contributed by atoms with E-state index in [1.807, 2.05) is 6.92 Å². The Labute approximate surface area is 223 Å². The van der Waals surface area contributed by atoms with Crippen LogP contribution in [0.25, 0.3) is 0 Å². The lowest BCUT2D eigenvalue weighted by molar-refractivity contribution is -0.139. The minimum Gasteiger partial charge on any atom is -0.495 e. The maximum Gasteiger partial charge on any atom is 0.264 e. The van der Waals surface area contributed by atoms with E-state index in [4.69, 9.17) is 4.74 Å². The van der Waals surface area contributed by atoms with Crippen LogP contribution in [0.4, 0.5) is 10.1 Å². The molecule has 0 spiro atoms. The van der Waals surface area contributed by atoms with E-state index in [0.717, 1.165) is 9.87 Å². The number of nitrogens with zero attached hydrogens (tertiary/aromatic N) is 2. The Morgan fingerprint density at radius 1 is 1.00 bits per heavy atom. The van der Waals surface area contributed by atoms with Crippen molar-refractivity contribution in [2.75, 3.05) is 24.5 Å². The van der Waals surface area contributed by atoms with Crippen LogP contribution in [0.3, 0.4) is 0 Å².